The number of nitrogens with one attached hydrogen (secondary N) is 1. The Labute approximate surface area is 94.4 Å². The van der Waals surface area contributed by atoms with Crippen LogP contribution in [0, 0.1) is 0 Å². The number of primary amides is 1. The SMILES string of the molecule is CC(C)(O)CNc1ccc(C(N)=O)cc1N. The zero-order valence-electron chi connectivity index (χ0n) is 9.45. The monoisotopic (exact) mass is 223 g/mol. The van der Waals surface area contributed by atoms with E-state index >= 15 is 0 Å². The average molecular weight is 223 g/mol. The van der Waals surface area contributed by atoms with E-state index < -0.39 is 11.5 Å². The Bertz CT molecular complexity index is 397. The van der Waals surface area contributed by atoms with Crippen LogP contribution in [-0.2, 0) is 0 Å². The third-order valence-electron chi connectivity index (χ3n) is 2.05. The van der Waals surface area contributed by atoms with E-state index in [1.54, 1.807) is 26.0 Å². The Kier molecular flexibility index (Phi) is 3.39. The van der Waals surface area contributed by atoms with Gasteiger partial charge < -0.3 is 21.9 Å². The number of amides is 1. The Hall–Kier alpha value is -1.75. The Morgan fingerprint density at radius 2 is 2.12 bits per heavy atom. The van der Waals surface area contributed by atoms with E-state index in [2.05, 4.69) is 5.32 Å². The zero-order valence-corrected chi connectivity index (χ0v) is 9.45. The highest BCUT2D eigenvalue weighted by Crippen LogP contribution is 2.20. The predicted octanol–water partition coefficient (Wildman–Crippen LogP) is 0.550. The lowest BCUT2D eigenvalue weighted by molar-refractivity contribution is 0.0944. The second kappa shape index (κ2) is 4.40. The largest absolute Gasteiger partial charge is 0.397 e. The quantitative estimate of drug-likeness (QED) is 0.560. The van der Waals surface area contributed by atoms with Crippen LogP contribution in [0.5, 0.6) is 0 Å². The molecule has 1 amide bonds. The first-order valence-electron chi connectivity index (χ1n) is 4.95. The number of hydrogen-bond acceptors (Lipinski definition) is 4. The van der Waals surface area contributed by atoms with Crippen LogP contribution in [0.25, 0.3) is 0 Å². The molecule has 0 radical (unpaired) electrons. The summed E-state index contributed by atoms with van der Waals surface area (Å²) in [5.41, 5.74) is 11.5. The topological polar surface area (TPSA) is 101 Å². The molecule has 0 aliphatic carbocycles. The van der Waals surface area contributed by atoms with Gasteiger partial charge in [0.15, 0.2) is 0 Å². The van der Waals surface area contributed by atoms with Gasteiger partial charge in [0.2, 0.25) is 5.91 Å². The molecule has 0 heterocycles. The molecule has 1 aromatic rings. The molecule has 0 aliphatic rings. The smallest absolute Gasteiger partial charge is 0.248 e. The van der Waals surface area contributed by atoms with Gasteiger partial charge >= 0.3 is 0 Å². The van der Waals surface area contributed by atoms with Gasteiger partial charge in [0.25, 0.3) is 0 Å². The molecule has 0 fully saturated rings. The second-order valence-corrected chi connectivity index (χ2v) is 4.33. The van der Waals surface area contributed by atoms with Crippen LogP contribution in [-0.4, -0.2) is 23.2 Å². The lowest BCUT2D eigenvalue weighted by Crippen LogP contribution is -2.29. The fraction of sp³-hybridized carbons (Fsp3) is 0.364. The van der Waals surface area contributed by atoms with E-state index in [4.69, 9.17) is 11.5 Å². The van der Waals surface area contributed by atoms with Gasteiger partial charge in [0, 0.05) is 12.1 Å². The molecule has 5 heteroatoms. The number of hydrogen-bond donors (Lipinski definition) is 4. The fourth-order valence-electron chi connectivity index (χ4n) is 1.19. The lowest BCUT2D eigenvalue weighted by atomic mass is 10.1. The predicted molar refractivity (Wildman–Crippen MR) is 64.2 cm³/mol. The van der Waals surface area contributed by atoms with Crippen molar-refractivity contribution < 1.29 is 9.90 Å². The summed E-state index contributed by atoms with van der Waals surface area (Å²) in [6.07, 6.45) is 0. The number of rotatable bonds is 4. The fourth-order valence-corrected chi connectivity index (χ4v) is 1.19. The van der Waals surface area contributed by atoms with Crippen molar-refractivity contribution in [3.63, 3.8) is 0 Å². The summed E-state index contributed by atoms with van der Waals surface area (Å²) in [7, 11) is 0. The summed E-state index contributed by atoms with van der Waals surface area (Å²) < 4.78 is 0. The molecule has 1 aromatic carbocycles. The molecule has 0 spiro atoms. The molecule has 0 saturated heterocycles. The molecule has 5 nitrogen and oxygen atoms in total. The molecule has 1 rings (SSSR count). The van der Waals surface area contributed by atoms with E-state index in [1.165, 1.54) is 6.07 Å². The number of nitrogens with two attached hydrogens (primary N) is 2. The highest BCUT2D eigenvalue weighted by atomic mass is 16.3. The molecule has 6 N–H and O–H groups in total. The second-order valence-electron chi connectivity index (χ2n) is 4.33. The van der Waals surface area contributed by atoms with E-state index in [0.29, 0.717) is 23.5 Å². The van der Waals surface area contributed by atoms with Gasteiger partial charge in [-0.2, -0.15) is 0 Å². The maximum atomic E-state index is 10.9. The molecule has 16 heavy (non-hydrogen) atoms. The summed E-state index contributed by atoms with van der Waals surface area (Å²) in [5.74, 6) is -0.513. The van der Waals surface area contributed by atoms with Gasteiger partial charge in [-0.25, -0.2) is 0 Å². The summed E-state index contributed by atoms with van der Waals surface area (Å²) in [6, 6.07) is 4.77. The minimum Gasteiger partial charge on any atom is -0.397 e. The van der Waals surface area contributed by atoms with Crippen LogP contribution in [0.15, 0.2) is 18.2 Å². The lowest BCUT2D eigenvalue weighted by Gasteiger charge is -2.19. The summed E-state index contributed by atoms with van der Waals surface area (Å²) in [6.45, 7) is 3.75. The van der Waals surface area contributed by atoms with Crippen LogP contribution < -0.4 is 16.8 Å². The Balaban J connectivity index is 2.80. The van der Waals surface area contributed by atoms with Gasteiger partial charge in [-0.05, 0) is 32.0 Å². The molecule has 0 saturated carbocycles. The van der Waals surface area contributed by atoms with E-state index in [9.17, 15) is 9.90 Å². The van der Waals surface area contributed by atoms with Crippen molar-refractivity contribution in [2.45, 2.75) is 19.4 Å². The van der Waals surface area contributed by atoms with Crippen LogP contribution in [0.4, 0.5) is 11.4 Å². The van der Waals surface area contributed by atoms with E-state index in [0.717, 1.165) is 0 Å². The van der Waals surface area contributed by atoms with Crippen molar-refractivity contribution in [1.29, 1.82) is 0 Å². The molecule has 0 aromatic heterocycles. The number of carbonyl (C=O) groups excluding carboxylic acids is 1. The van der Waals surface area contributed by atoms with Crippen molar-refractivity contribution in [3.05, 3.63) is 23.8 Å². The highest BCUT2D eigenvalue weighted by Gasteiger charge is 2.12. The summed E-state index contributed by atoms with van der Waals surface area (Å²) in [4.78, 5) is 10.9. The minimum absolute atomic E-state index is 0.367. The van der Waals surface area contributed by atoms with Crippen LogP contribution in [0.3, 0.4) is 0 Å². The molecule has 0 bridgehead atoms. The molecule has 0 atom stereocenters. The maximum absolute atomic E-state index is 10.9. The number of anilines is 2. The van der Waals surface area contributed by atoms with Crippen LogP contribution in [0.1, 0.15) is 24.2 Å². The Morgan fingerprint density at radius 1 is 1.50 bits per heavy atom. The van der Waals surface area contributed by atoms with Gasteiger partial charge in [-0.1, -0.05) is 0 Å². The molecular formula is C11H17N3O2. The first-order chi connectivity index (χ1) is 7.29. The highest BCUT2D eigenvalue weighted by molar-refractivity contribution is 5.94. The van der Waals surface area contributed by atoms with Crippen LogP contribution >= 0.6 is 0 Å². The zero-order chi connectivity index (χ0) is 12.3. The molecular weight excluding hydrogens is 206 g/mol. The van der Waals surface area contributed by atoms with Crippen molar-refractivity contribution in [2.24, 2.45) is 5.73 Å². The van der Waals surface area contributed by atoms with Gasteiger partial charge in [0.05, 0.1) is 17.0 Å². The molecule has 0 unspecified atom stereocenters. The summed E-state index contributed by atoms with van der Waals surface area (Å²) >= 11 is 0. The Morgan fingerprint density at radius 3 is 2.56 bits per heavy atom. The van der Waals surface area contributed by atoms with E-state index in [1.807, 2.05) is 0 Å². The minimum atomic E-state index is -0.825. The van der Waals surface area contributed by atoms with Crippen LogP contribution in [0.2, 0.25) is 0 Å². The standard InChI is InChI=1S/C11H17N3O2/c1-11(2,16)6-14-9-4-3-7(10(13)15)5-8(9)12/h3-5,14,16H,6,12H2,1-2H3,(H2,13,15). The van der Waals surface area contributed by atoms with E-state index in [-0.39, 0.29) is 0 Å². The third kappa shape index (κ3) is 3.43. The van der Waals surface area contributed by atoms with Crippen molar-refractivity contribution >= 4 is 17.3 Å². The number of benzene rings is 1. The molecule has 0 aliphatic heterocycles. The average Bonchev–Trinajstić information content (AvgIpc) is 2.14. The normalized spacial score (nSPS) is 11.2. The van der Waals surface area contributed by atoms with Gasteiger partial charge in [-0.15, -0.1) is 0 Å². The first kappa shape index (κ1) is 12.3. The van der Waals surface area contributed by atoms with Crippen molar-refractivity contribution in [1.82, 2.24) is 0 Å². The number of nitrogen functional groups attached to an aromatic ring is 1. The van der Waals surface area contributed by atoms with Gasteiger partial charge in [0.1, 0.15) is 0 Å². The first-order valence-corrected chi connectivity index (χ1v) is 4.95. The van der Waals surface area contributed by atoms with Gasteiger partial charge in [-0.3, -0.25) is 4.79 Å². The van der Waals surface area contributed by atoms with Crippen molar-refractivity contribution in [2.75, 3.05) is 17.6 Å². The number of aliphatic hydroxyl groups is 1. The number of carbonyl (C=O) groups is 1. The van der Waals surface area contributed by atoms with Crippen molar-refractivity contribution in [3.8, 4) is 0 Å². The molecule has 88 valence electrons. The summed E-state index contributed by atoms with van der Waals surface area (Å²) in [5, 5.41) is 12.5. The maximum Gasteiger partial charge on any atom is 0.248 e. The third-order valence-corrected chi connectivity index (χ3v) is 2.05.